The van der Waals surface area contributed by atoms with Crippen LogP contribution in [0.1, 0.15) is 11.3 Å². The third kappa shape index (κ3) is 3.97. The maximum atomic E-state index is 12.7. The summed E-state index contributed by atoms with van der Waals surface area (Å²) in [4.78, 5) is 26.5. The molecule has 0 radical (unpaired) electrons. The van der Waals surface area contributed by atoms with Gasteiger partial charge in [-0.15, -0.1) is 0 Å². The molecule has 1 fully saturated rings. The molecule has 0 saturated carbocycles. The lowest BCUT2D eigenvalue weighted by Gasteiger charge is -2.36. The molecular formula is C24H26N6O2. The van der Waals surface area contributed by atoms with E-state index in [4.69, 9.17) is 4.74 Å². The first-order chi connectivity index (χ1) is 15.6. The Hall–Kier alpha value is -3.65. The smallest absolute Gasteiger partial charge is 0.274 e. The highest BCUT2D eigenvalue weighted by atomic mass is 16.5. The molecule has 0 unspecified atom stereocenters. The van der Waals surface area contributed by atoms with E-state index in [1.807, 2.05) is 49.4 Å². The Labute approximate surface area is 186 Å². The number of rotatable bonds is 5. The molecule has 1 aliphatic rings. The number of hydrogen-bond donors (Lipinski definition) is 1. The number of methoxy groups -OCH3 is 1. The number of aryl methyl sites for hydroxylation is 1. The van der Waals surface area contributed by atoms with Crippen LogP contribution in [0, 0.1) is 6.92 Å². The first kappa shape index (κ1) is 20.3. The summed E-state index contributed by atoms with van der Waals surface area (Å²) in [6.45, 7) is 6.20. The van der Waals surface area contributed by atoms with Crippen molar-refractivity contribution in [3.8, 4) is 17.1 Å². The topological polar surface area (TPSA) is 78.8 Å². The number of aromatic nitrogens is 4. The fourth-order valence-corrected chi connectivity index (χ4v) is 4.20. The number of para-hydroxylation sites is 2. The van der Waals surface area contributed by atoms with Gasteiger partial charge >= 0.3 is 0 Å². The summed E-state index contributed by atoms with van der Waals surface area (Å²) in [5.41, 5.74) is 3.78. The predicted octanol–water partition coefficient (Wildman–Crippen LogP) is 2.72. The summed E-state index contributed by atoms with van der Waals surface area (Å²) in [6, 6.07) is 17.7. The molecule has 0 bridgehead atoms. The van der Waals surface area contributed by atoms with Gasteiger partial charge in [0.05, 0.1) is 18.5 Å². The number of benzene rings is 2. The molecule has 8 heteroatoms. The molecule has 5 rings (SSSR count). The SMILES string of the molecule is COc1ccccc1N1CCN(Cc2cc(=O)n3[nH]c(-c4cccc(C)c4)nc3n2)CC1. The van der Waals surface area contributed by atoms with E-state index in [9.17, 15) is 4.79 Å². The normalized spacial score (nSPS) is 14.8. The van der Waals surface area contributed by atoms with E-state index in [-0.39, 0.29) is 5.56 Å². The number of nitrogens with zero attached hydrogens (tertiary/aromatic N) is 5. The summed E-state index contributed by atoms with van der Waals surface area (Å²) < 4.78 is 6.91. The maximum Gasteiger partial charge on any atom is 0.274 e. The lowest BCUT2D eigenvalue weighted by molar-refractivity contribution is 0.246. The van der Waals surface area contributed by atoms with Gasteiger partial charge < -0.3 is 9.64 Å². The van der Waals surface area contributed by atoms with E-state index in [2.05, 4.69) is 30.9 Å². The quantitative estimate of drug-likeness (QED) is 0.525. The van der Waals surface area contributed by atoms with Crippen molar-refractivity contribution in [1.29, 1.82) is 0 Å². The highest BCUT2D eigenvalue weighted by Crippen LogP contribution is 2.28. The van der Waals surface area contributed by atoms with Gasteiger partial charge in [0.1, 0.15) is 5.75 Å². The van der Waals surface area contributed by atoms with Gasteiger partial charge in [-0.3, -0.25) is 14.8 Å². The minimum Gasteiger partial charge on any atom is -0.495 e. The van der Waals surface area contributed by atoms with Gasteiger partial charge in [-0.1, -0.05) is 35.9 Å². The van der Waals surface area contributed by atoms with Crippen molar-refractivity contribution in [2.45, 2.75) is 13.5 Å². The zero-order valence-electron chi connectivity index (χ0n) is 18.3. The zero-order chi connectivity index (χ0) is 22.1. The number of fused-ring (bicyclic) bond motifs is 1. The molecule has 164 valence electrons. The lowest BCUT2D eigenvalue weighted by atomic mass is 10.1. The first-order valence-electron chi connectivity index (χ1n) is 10.8. The van der Waals surface area contributed by atoms with Crippen molar-refractivity contribution >= 4 is 11.5 Å². The van der Waals surface area contributed by atoms with Gasteiger partial charge in [0.25, 0.3) is 11.3 Å². The fourth-order valence-electron chi connectivity index (χ4n) is 4.20. The van der Waals surface area contributed by atoms with Gasteiger partial charge in [0.15, 0.2) is 5.82 Å². The fraction of sp³-hybridized carbons (Fsp3) is 0.292. The monoisotopic (exact) mass is 430 g/mol. The molecule has 32 heavy (non-hydrogen) atoms. The highest BCUT2D eigenvalue weighted by molar-refractivity contribution is 5.59. The lowest BCUT2D eigenvalue weighted by Crippen LogP contribution is -2.46. The molecule has 0 spiro atoms. The van der Waals surface area contributed by atoms with Crippen LogP contribution < -0.4 is 15.2 Å². The number of hydrogen-bond acceptors (Lipinski definition) is 6. The van der Waals surface area contributed by atoms with Crippen molar-refractivity contribution in [1.82, 2.24) is 24.5 Å². The predicted molar refractivity (Wildman–Crippen MR) is 124 cm³/mol. The minimum absolute atomic E-state index is 0.149. The van der Waals surface area contributed by atoms with Crippen LogP contribution in [-0.4, -0.2) is 57.8 Å². The highest BCUT2D eigenvalue weighted by Gasteiger charge is 2.20. The van der Waals surface area contributed by atoms with Crippen LogP contribution in [0.2, 0.25) is 0 Å². The Morgan fingerprint density at radius 3 is 2.59 bits per heavy atom. The van der Waals surface area contributed by atoms with Gasteiger partial charge in [-0.25, -0.2) is 4.98 Å². The molecule has 0 atom stereocenters. The van der Waals surface area contributed by atoms with Crippen molar-refractivity contribution in [3.63, 3.8) is 0 Å². The Morgan fingerprint density at radius 1 is 1.00 bits per heavy atom. The second-order valence-electron chi connectivity index (χ2n) is 8.10. The number of aromatic amines is 1. The Balaban J connectivity index is 1.31. The number of piperazine rings is 1. The van der Waals surface area contributed by atoms with E-state index < -0.39 is 0 Å². The van der Waals surface area contributed by atoms with Crippen LogP contribution >= 0.6 is 0 Å². The summed E-state index contributed by atoms with van der Waals surface area (Å²) in [6.07, 6.45) is 0. The van der Waals surface area contributed by atoms with E-state index >= 15 is 0 Å². The molecule has 0 aliphatic carbocycles. The molecular weight excluding hydrogens is 404 g/mol. The average molecular weight is 431 g/mol. The van der Waals surface area contributed by atoms with Crippen LogP contribution in [0.5, 0.6) is 5.75 Å². The average Bonchev–Trinajstić information content (AvgIpc) is 3.25. The molecule has 1 saturated heterocycles. The summed E-state index contributed by atoms with van der Waals surface area (Å²) in [5.74, 6) is 1.93. The van der Waals surface area contributed by atoms with Crippen molar-refractivity contribution in [3.05, 3.63) is 76.2 Å². The Morgan fingerprint density at radius 2 is 1.81 bits per heavy atom. The van der Waals surface area contributed by atoms with E-state index in [0.717, 1.165) is 54.4 Å². The van der Waals surface area contributed by atoms with Crippen molar-refractivity contribution in [2.24, 2.45) is 0 Å². The molecule has 4 aromatic rings. The first-order valence-corrected chi connectivity index (χ1v) is 10.8. The second kappa shape index (κ2) is 8.47. The third-order valence-electron chi connectivity index (χ3n) is 5.86. The van der Waals surface area contributed by atoms with Crippen LogP contribution in [0.4, 0.5) is 5.69 Å². The third-order valence-corrected chi connectivity index (χ3v) is 5.86. The second-order valence-corrected chi connectivity index (χ2v) is 8.10. The van der Waals surface area contributed by atoms with E-state index in [1.165, 1.54) is 4.52 Å². The molecule has 2 aromatic carbocycles. The van der Waals surface area contributed by atoms with Crippen LogP contribution in [0.3, 0.4) is 0 Å². The summed E-state index contributed by atoms with van der Waals surface area (Å²) in [7, 11) is 1.70. The molecule has 0 amide bonds. The zero-order valence-corrected chi connectivity index (χ0v) is 18.3. The van der Waals surface area contributed by atoms with Gasteiger partial charge in [0.2, 0.25) is 0 Å². The van der Waals surface area contributed by atoms with Crippen molar-refractivity contribution < 1.29 is 4.74 Å². The Kier molecular flexibility index (Phi) is 5.36. The van der Waals surface area contributed by atoms with Gasteiger partial charge in [-0.2, -0.15) is 9.50 Å². The number of nitrogens with one attached hydrogen (secondary N) is 1. The van der Waals surface area contributed by atoms with Crippen molar-refractivity contribution in [2.75, 3.05) is 38.2 Å². The van der Waals surface area contributed by atoms with Crippen LogP contribution in [0.25, 0.3) is 17.2 Å². The number of ether oxygens (including phenoxy) is 1. The minimum atomic E-state index is -0.149. The Bertz CT molecular complexity index is 1300. The van der Waals surface area contributed by atoms with Gasteiger partial charge in [-0.05, 0) is 25.1 Å². The largest absolute Gasteiger partial charge is 0.495 e. The molecule has 8 nitrogen and oxygen atoms in total. The van der Waals surface area contributed by atoms with E-state index in [0.29, 0.717) is 18.1 Å². The summed E-state index contributed by atoms with van der Waals surface area (Å²) >= 11 is 0. The van der Waals surface area contributed by atoms with Crippen LogP contribution in [0.15, 0.2) is 59.4 Å². The molecule has 1 N–H and O–H groups in total. The molecule has 1 aliphatic heterocycles. The van der Waals surface area contributed by atoms with Crippen LogP contribution in [-0.2, 0) is 6.54 Å². The summed E-state index contributed by atoms with van der Waals surface area (Å²) in [5, 5.41) is 3.07. The standard InChI is InChI=1S/C24H26N6O2/c1-17-6-5-7-18(14-17)23-26-24-25-19(15-22(31)30(24)27-23)16-28-10-12-29(13-11-28)20-8-3-4-9-21(20)32-2/h3-9,14-15H,10-13,16H2,1-2H3,(H,25,26,27). The molecule has 2 aromatic heterocycles. The van der Waals surface area contributed by atoms with Gasteiger partial charge in [0, 0.05) is 44.4 Å². The number of H-pyrrole nitrogens is 1. The molecule has 3 heterocycles. The number of anilines is 1. The maximum absolute atomic E-state index is 12.7. The van der Waals surface area contributed by atoms with E-state index in [1.54, 1.807) is 13.2 Å².